The number of nitrogens with two attached hydrogens (primary N) is 1. The molecule has 0 amide bonds. The number of nitrogen functional groups attached to an aromatic ring is 1. The van der Waals surface area contributed by atoms with Crippen molar-refractivity contribution >= 4 is 5.69 Å². The monoisotopic (exact) mass is 174 g/mol. The van der Waals surface area contributed by atoms with E-state index in [-0.39, 0.29) is 0 Å². The summed E-state index contributed by atoms with van der Waals surface area (Å²) in [6, 6.07) is 2.13. The molecule has 1 fully saturated rings. The molecule has 68 valence electrons. The molecule has 0 spiro atoms. The second kappa shape index (κ2) is 2.47. The van der Waals surface area contributed by atoms with Gasteiger partial charge < -0.3 is 5.73 Å². The molecule has 1 aromatic heterocycles. The van der Waals surface area contributed by atoms with E-state index >= 15 is 0 Å². The van der Waals surface area contributed by atoms with Crippen LogP contribution in [0.1, 0.15) is 36.4 Å². The molecule has 13 heavy (non-hydrogen) atoms. The molecule has 0 radical (unpaired) electrons. The van der Waals surface area contributed by atoms with Crippen molar-refractivity contribution in [2.75, 3.05) is 5.73 Å². The number of hydrogen-bond acceptors (Lipinski definition) is 2. The van der Waals surface area contributed by atoms with E-state index in [1.807, 2.05) is 0 Å². The normalized spacial score (nSPS) is 30.2. The lowest BCUT2D eigenvalue weighted by Gasteiger charge is -2.21. The van der Waals surface area contributed by atoms with Crippen molar-refractivity contribution in [3.8, 4) is 0 Å². The van der Waals surface area contributed by atoms with Gasteiger partial charge in [0.1, 0.15) is 0 Å². The molecule has 2 bridgehead atoms. The topological polar surface area (TPSA) is 38.9 Å². The van der Waals surface area contributed by atoms with E-state index in [9.17, 15) is 0 Å². The lowest BCUT2D eigenvalue weighted by molar-refractivity contribution is 0.501. The van der Waals surface area contributed by atoms with Crippen molar-refractivity contribution in [3.63, 3.8) is 0 Å². The summed E-state index contributed by atoms with van der Waals surface area (Å²) in [5.74, 6) is 1.68. The Labute approximate surface area is 78.2 Å². The van der Waals surface area contributed by atoms with E-state index in [1.54, 1.807) is 6.20 Å². The van der Waals surface area contributed by atoms with Gasteiger partial charge >= 0.3 is 0 Å². The zero-order valence-corrected chi connectivity index (χ0v) is 7.66. The average molecular weight is 174 g/mol. The van der Waals surface area contributed by atoms with Gasteiger partial charge in [-0.3, -0.25) is 4.98 Å². The summed E-state index contributed by atoms with van der Waals surface area (Å²) < 4.78 is 0. The van der Waals surface area contributed by atoms with Crippen molar-refractivity contribution in [3.05, 3.63) is 23.5 Å². The average Bonchev–Trinajstić information content (AvgIpc) is 2.51. The van der Waals surface area contributed by atoms with Gasteiger partial charge in [0.15, 0.2) is 0 Å². The van der Waals surface area contributed by atoms with Crippen molar-refractivity contribution in [2.24, 2.45) is 5.92 Å². The molecule has 2 unspecified atom stereocenters. The summed E-state index contributed by atoms with van der Waals surface area (Å²) in [6.07, 6.45) is 7.09. The minimum absolute atomic E-state index is 0.768. The number of aromatic nitrogens is 1. The first-order valence-corrected chi connectivity index (χ1v) is 5.07. The first-order chi connectivity index (χ1) is 6.33. The van der Waals surface area contributed by atoms with Crippen LogP contribution >= 0.6 is 0 Å². The number of nitrogens with zero attached hydrogens (tertiary/aromatic N) is 1. The number of fused-ring (bicyclic) bond motifs is 4. The Balaban J connectivity index is 2.12. The van der Waals surface area contributed by atoms with Gasteiger partial charge in [0.25, 0.3) is 0 Å². The van der Waals surface area contributed by atoms with Crippen LogP contribution < -0.4 is 5.73 Å². The minimum atomic E-state index is 0.768. The standard InChI is InChI=1S/C11H14N2/c12-9-5-10-8-2-1-7(3-8)4-11(10)13-6-9/h5-8H,1-4,12H2. The highest BCUT2D eigenvalue weighted by Crippen LogP contribution is 2.45. The zero-order chi connectivity index (χ0) is 8.84. The highest BCUT2D eigenvalue weighted by Gasteiger charge is 2.33. The van der Waals surface area contributed by atoms with E-state index < -0.39 is 0 Å². The van der Waals surface area contributed by atoms with Crippen LogP contribution in [-0.2, 0) is 6.42 Å². The Morgan fingerprint density at radius 3 is 3.23 bits per heavy atom. The minimum Gasteiger partial charge on any atom is -0.397 e. The fraction of sp³-hybridized carbons (Fsp3) is 0.545. The van der Waals surface area contributed by atoms with Gasteiger partial charge in [0, 0.05) is 5.69 Å². The van der Waals surface area contributed by atoms with Gasteiger partial charge in [-0.25, -0.2) is 0 Å². The smallest absolute Gasteiger partial charge is 0.0503 e. The van der Waals surface area contributed by atoms with E-state index in [2.05, 4.69) is 11.1 Å². The lowest BCUT2D eigenvalue weighted by atomic mass is 9.86. The first-order valence-electron chi connectivity index (χ1n) is 5.07. The molecule has 2 N–H and O–H groups in total. The molecule has 3 rings (SSSR count). The van der Waals surface area contributed by atoms with E-state index in [0.29, 0.717) is 0 Å². The van der Waals surface area contributed by atoms with Gasteiger partial charge in [0.2, 0.25) is 0 Å². The van der Waals surface area contributed by atoms with Crippen LogP contribution in [0.15, 0.2) is 12.3 Å². The second-order valence-electron chi connectivity index (χ2n) is 4.38. The fourth-order valence-electron chi connectivity index (χ4n) is 2.87. The highest BCUT2D eigenvalue weighted by atomic mass is 14.7. The Kier molecular flexibility index (Phi) is 1.40. The van der Waals surface area contributed by atoms with Gasteiger partial charge in [-0.15, -0.1) is 0 Å². The molecule has 2 nitrogen and oxygen atoms in total. The van der Waals surface area contributed by atoms with Gasteiger partial charge in [-0.05, 0) is 49.1 Å². The third kappa shape index (κ3) is 1.05. The predicted molar refractivity (Wildman–Crippen MR) is 52.4 cm³/mol. The van der Waals surface area contributed by atoms with Crippen LogP contribution in [0.5, 0.6) is 0 Å². The lowest BCUT2D eigenvalue weighted by Crippen LogP contribution is -2.12. The fourth-order valence-corrected chi connectivity index (χ4v) is 2.87. The van der Waals surface area contributed by atoms with Crippen LogP contribution in [0.3, 0.4) is 0 Å². The molecule has 2 aliphatic rings. The van der Waals surface area contributed by atoms with Crippen LogP contribution in [0.4, 0.5) is 5.69 Å². The van der Waals surface area contributed by atoms with E-state index in [0.717, 1.165) is 17.5 Å². The summed E-state index contributed by atoms with van der Waals surface area (Å²) >= 11 is 0. The summed E-state index contributed by atoms with van der Waals surface area (Å²) in [4.78, 5) is 4.43. The van der Waals surface area contributed by atoms with Crippen molar-refractivity contribution < 1.29 is 0 Å². The molecule has 0 saturated heterocycles. The third-order valence-corrected chi connectivity index (χ3v) is 3.49. The van der Waals surface area contributed by atoms with E-state index in [1.165, 1.54) is 36.9 Å². The number of anilines is 1. The zero-order valence-electron chi connectivity index (χ0n) is 7.66. The largest absolute Gasteiger partial charge is 0.397 e. The van der Waals surface area contributed by atoms with E-state index in [4.69, 9.17) is 5.73 Å². The highest BCUT2D eigenvalue weighted by molar-refractivity contribution is 5.43. The molecule has 0 aromatic carbocycles. The quantitative estimate of drug-likeness (QED) is 0.654. The Bertz CT molecular complexity index is 346. The Hall–Kier alpha value is -1.05. The molecular formula is C11H14N2. The van der Waals surface area contributed by atoms with Crippen LogP contribution in [0, 0.1) is 5.92 Å². The first kappa shape index (κ1) is 7.36. The van der Waals surface area contributed by atoms with Gasteiger partial charge in [0.05, 0.1) is 11.9 Å². The van der Waals surface area contributed by atoms with Crippen molar-refractivity contribution in [1.82, 2.24) is 4.98 Å². The molecule has 2 atom stereocenters. The Morgan fingerprint density at radius 2 is 2.31 bits per heavy atom. The Morgan fingerprint density at radius 1 is 1.38 bits per heavy atom. The maximum atomic E-state index is 5.75. The van der Waals surface area contributed by atoms with Gasteiger partial charge in [-0.1, -0.05) is 0 Å². The number of rotatable bonds is 0. The summed E-state index contributed by atoms with van der Waals surface area (Å²) in [7, 11) is 0. The molecule has 0 aliphatic heterocycles. The van der Waals surface area contributed by atoms with Crippen molar-refractivity contribution in [1.29, 1.82) is 0 Å². The second-order valence-corrected chi connectivity index (χ2v) is 4.38. The van der Waals surface area contributed by atoms with Crippen LogP contribution in [-0.4, -0.2) is 4.98 Å². The summed E-state index contributed by atoms with van der Waals surface area (Å²) in [6.45, 7) is 0. The van der Waals surface area contributed by atoms with Gasteiger partial charge in [-0.2, -0.15) is 0 Å². The maximum Gasteiger partial charge on any atom is 0.0503 e. The maximum absolute atomic E-state index is 5.75. The van der Waals surface area contributed by atoms with Crippen LogP contribution in [0.2, 0.25) is 0 Å². The third-order valence-electron chi connectivity index (χ3n) is 3.49. The predicted octanol–water partition coefficient (Wildman–Crippen LogP) is 2.10. The SMILES string of the molecule is Nc1cnc2c(c1)C1CCC(C2)C1. The molecule has 1 aromatic rings. The van der Waals surface area contributed by atoms with Crippen molar-refractivity contribution in [2.45, 2.75) is 31.6 Å². The molecule has 1 heterocycles. The molecular weight excluding hydrogens is 160 g/mol. The summed E-state index contributed by atoms with van der Waals surface area (Å²) in [5.41, 5.74) is 9.32. The van der Waals surface area contributed by atoms with Crippen LogP contribution in [0.25, 0.3) is 0 Å². The molecule has 2 heteroatoms. The number of hydrogen-bond donors (Lipinski definition) is 1. The molecule has 2 aliphatic carbocycles. The number of pyridine rings is 1. The molecule has 1 saturated carbocycles. The summed E-state index contributed by atoms with van der Waals surface area (Å²) in [5, 5.41) is 0.